The molecule has 0 heterocycles. The van der Waals surface area contributed by atoms with Crippen molar-refractivity contribution >= 4 is 33.1 Å². The Labute approximate surface area is 163 Å². The SMILES string of the molecule is Clc1cc(-c2cccc3cccc(-c4ccccc4)c23)cc2ccccc12. The predicted octanol–water partition coefficient (Wildman–Crippen LogP) is 7.98. The lowest BCUT2D eigenvalue weighted by Crippen LogP contribution is -1.87. The molecule has 0 amide bonds. The van der Waals surface area contributed by atoms with Gasteiger partial charge in [0.2, 0.25) is 0 Å². The highest BCUT2D eigenvalue weighted by molar-refractivity contribution is 6.36. The number of hydrogen-bond acceptors (Lipinski definition) is 0. The Morgan fingerprint density at radius 3 is 1.89 bits per heavy atom. The fourth-order valence-corrected chi connectivity index (χ4v) is 4.15. The first-order valence-electron chi connectivity index (χ1n) is 9.07. The number of rotatable bonds is 2. The van der Waals surface area contributed by atoms with Gasteiger partial charge in [0.05, 0.1) is 0 Å². The first-order valence-corrected chi connectivity index (χ1v) is 9.45. The monoisotopic (exact) mass is 364 g/mol. The molecular formula is C26H17Cl. The molecule has 0 spiro atoms. The third-order valence-corrected chi connectivity index (χ3v) is 5.42. The van der Waals surface area contributed by atoms with E-state index in [1.165, 1.54) is 27.5 Å². The molecule has 0 saturated heterocycles. The van der Waals surface area contributed by atoms with Crippen LogP contribution in [0.2, 0.25) is 5.02 Å². The summed E-state index contributed by atoms with van der Waals surface area (Å²) in [4.78, 5) is 0. The van der Waals surface area contributed by atoms with Crippen molar-refractivity contribution in [2.24, 2.45) is 0 Å². The minimum atomic E-state index is 0.789. The molecule has 5 rings (SSSR count). The van der Waals surface area contributed by atoms with Crippen molar-refractivity contribution in [2.45, 2.75) is 0 Å². The first-order chi connectivity index (χ1) is 13.3. The zero-order valence-electron chi connectivity index (χ0n) is 14.7. The number of fused-ring (bicyclic) bond motifs is 2. The molecule has 1 heteroatoms. The maximum Gasteiger partial charge on any atom is 0.0490 e. The van der Waals surface area contributed by atoms with Crippen LogP contribution in [0, 0.1) is 0 Å². The maximum absolute atomic E-state index is 6.62. The molecule has 0 aliphatic rings. The number of halogens is 1. The fourth-order valence-electron chi connectivity index (χ4n) is 3.86. The number of hydrogen-bond donors (Lipinski definition) is 0. The zero-order chi connectivity index (χ0) is 18.2. The van der Waals surface area contributed by atoms with Crippen molar-refractivity contribution in [1.29, 1.82) is 0 Å². The van der Waals surface area contributed by atoms with Crippen LogP contribution in [0.15, 0.2) is 103 Å². The Morgan fingerprint density at radius 1 is 0.481 bits per heavy atom. The largest absolute Gasteiger partial charge is 0.0836 e. The molecule has 27 heavy (non-hydrogen) atoms. The van der Waals surface area contributed by atoms with Crippen LogP contribution in [0.1, 0.15) is 0 Å². The van der Waals surface area contributed by atoms with Gasteiger partial charge in [0.15, 0.2) is 0 Å². The molecule has 0 atom stereocenters. The van der Waals surface area contributed by atoms with E-state index in [9.17, 15) is 0 Å². The van der Waals surface area contributed by atoms with Crippen LogP contribution in [-0.4, -0.2) is 0 Å². The van der Waals surface area contributed by atoms with Gasteiger partial charge in [-0.1, -0.05) is 103 Å². The quantitative estimate of drug-likeness (QED) is 0.298. The van der Waals surface area contributed by atoms with Crippen LogP contribution in [0.25, 0.3) is 43.8 Å². The van der Waals surface area contributed by atoms with Gasteiger partial charge in [-0.25, -0.2) is 0 Å². The molecule has 0 unspecified atom stereocenters. The van der Waals surface area contributed by atoms with E-state index in [1.807, 2.05) is 6.07 Å². The Hall–Kier alpha value is -3.09. The third kappa shape index (κ3) is 2.79. The van der Waals surface area contributed by atoms with Gasteiger partial charge in [0.1, 0.15) is 0 Å². The van der Waals surface area contributed by atoms with Gasteiger partial charge >= 0.3 is 0 Å². The topological polar surface area (TPSA) is 0 Å². The molecule has 0 bridgehead atoms. The summed E-state index contributed by atoms with van der Waals surface area (Å²) >= 11 is 6.62. The van der Waals surface area contributed by atoms with E-state index in [2.05, 4.69) is 97.1 Å². The van der Waals surface area contributed by atoms with Gasteiger partial charge in [0, 0.05) is 10.4 Å². The summed E-state index contributed by atoms with van der Waals surface area (Å²) in [5, 5.41) is 5.54. The molecule has 0 aromatic heterocycles. The smallest absolute Gasteiger partial charge is 0.0490 e. The second-order valence-electron chi connectivity index (χ2n) is 6.75. The summed E-state index contributed by atoms with van der Waals surface area (Å²) in [6.45, 7) is 0. The minimum absolute atomic E-state index is 0.789. The molecule has 0 nitrogen and oxygen atoms in total. The first kappa shape index (κ1) is 16.1. The second-order valence-corrected chi connectivity index (χ2v) is 7.16. The highest BCUT2D eigenvalue weighted by atomic mass is 35.5. The predicted molar refractivity (Wildman–Crippen MR) is 117 cm³/mol. The van der Waals surface area contributed by atoms with Gasteiger partial charge in [-0.2, -0.15) is 0 Å². The summed E-state index contributed by atoms with van der Waals surface area (Å²) in [6, 6.07) is 36.1. The molecule has 5 aromatic rings. The Balaban J connectivity index is 1.84. The molecule has 128 valence electrons. The van der Waals surface area contributed by atoms with Crippen LogP contribution in [0.5, 0.6) is 0 Å². The van der Waals surface area contributed by atoms with Crippen LogP contribution in [0.3, 0.4) is 0 Å². The molecule has 0 N–H and O–H groups in total. The lowest BCUT2D eigenvalue weighted by molar-refractivity contribution is 1.64. The Bertz CT molecular complexity index is 1260. The van der Waals surface area contributed by atoms with Crippen LogP contribution in [0.4, 0.5) is 0 Å². The fraction of sp³-hybridized carbons (Fsp3) is 0. The molecular weight excluding hydrogens is 348 g/mol. The third-order valence-electron chi connectivity index (χ3n) is 5.11. The van der Waals surface area contributed by atoms with E-state index in [0.717, 1.165) is 21.4 Å². The van der Waals surface area contributed by atoms with Gasteiger partial charge in [-0.15, -0.1) is 0 Å². The minimum Gasteiger partial charge on any atom is -0.0836 e. The van der Waals surface area contributed by atoms with Gasteiger partial charge in [-0.3, -0.25) is 0 Å². The second kappa shape index (κ2) is 6.57. The van der Waals surface area contributed by atoms with Crippen LogP contribution in [-0.2, 0) is 0 Å². The van der Waals surface area contributed by atoms with Crippen molar-refractivity contribution in [3.05, 3.63) is 108 Å². The molecule has 0 aliphatic carbocycles. The van der Waals surface area contributed by atoms with Crippen molar-refractivity contribution in [2.75, 3.05) is 0 Å². The highest BCUT2D eigenvalue weighted by Gasteiger charge is 2.11. The van der Waals surface area contributed by atoms with Crippen molar-refractivity contribution in [3.8, 4) is 22.3 Å². The zero-order valence-corrected chi connectivity index (χ0v) is 15.4. The van der Waals surface area contributed by atoms with Crippen molar-refractivity contribution in [1.82, 2.24) is 0 Å². The molecule has 5 aromatic carbocycles. The van der Waals surface area contributed by atoms with Gasteiger partial charge < -0.3 is 0 Å². The summed E-state index contributed by atoms with van der Waals surface area (Å²) in [5.74, 6) is 0. The van der Waals surface area contributed by atoms with E-state index in [4.69, 9.17) is 11.6 Å². The Morgan fingerprint density at radius 2 is 1.11 bits per heavy atom. The average Bonchev–Trinajstić information content (AvgIpc) is 2.73. The molecule has 0 saturated carbocycles. The molecule has 0 radical (unpaired) electrons. The standard InChI is InChI=1S/C26H17Cl/c27-25-17-21(16-20-10-4-5-13-22(20)25)24-15-7-12-19-11-6-14-23(26(19)24)18-8-2-1-3-9-18/h1-17H. The van der Waals surface area contributed by atoms with Gasteiger partial charge in [0.25, 0.3) is 0 Å². The lowest BCUT2D eigenvalue weighted by Gasteiger charge is -2.14. The van der Waals surface area contributed by atoms with Crippen LogP contribution < -0.4 is 0 Å². The summed E-state index contributed by atoms with van der Waals surface area (Å²) in [7, 11) is 0. The van der Waals surface area contributed by atoms with E-state index in [-0.39, 0.29) is 0 Å². The Kier molecular flexibility index (Phi) is 3.92. The van der Waals surface area contributed by atoms with Crippen molar-refractivity contribution < 1.29 is 0 Å². The highest BCUT2D eigenvalue weighted by Crippen LogP contribution is 2.38. The number of benzene rings is 5. The molecule has 0 fully saturated rings. The molecule has 0 aliphatic heterocycles. The van der Waals surface area contributed by atoms with E-state index in [0.29, 0.717) is 0 Å². The van der Waals surface area contributed by atoms with Gasteiger partial charge in [-0.05, 0) is 50.5 Å². The van der Waals surface area contributed by atoms with E-state index in [1.54, 1.807) is 0 Å². The summed E-state index contributed by atoms with van der Waals surface area (Å²) < 4.78 is 0. The summed E-state index contributed by atoms with van der Waals surface area (Å²) in [6.07, 6.45) is 0. The van der Waals surface area contributed by atoms with Crippen LogP contribution >= 0.6 is 11.6 Å². The maximum atomic E-state index is 6.62. The lowest BCUT2D eigenvalue weighted by atomic mass is 9.91. The average molecular weight is 365 g/mol. The van der Waals surface area contributed by atoms with Crippen molar-refractivity contribution in [3.63, 3.8) is 0 Å². The summed E-state index contributed by atoms with van der Waals surface area (Å²) in [5.41, 5.74) is 4.82. The normalized spacial score (nSPS) is 11.1. The van der Waals surface area contributed by atoms with E-state index >= 15 is 0 Å². The van der Waals surface area contributed by atoms with E-state index < -0.39 is 0 Å².